The van der Waals surface area contributed by atoms with Gasteiger partial charge in [0, 0.05) is 0 Å². The highest BCUT2D eigenvalue weighted by atomic mass is 32.3. The molecule has 0 saturated carbocycles. The van der Waals surface area contributed by atoms with Crippen LogP contribution in [-0.2, 0) is 19.4 Å². The van der Waals surface area contributed by atoms with Crippen LogP contribution in [0.5, 0.6) is 0 Å². The highest BCUT2D eigenvalue weighted by molar-refractivity contribution is 7.80. The molecular formula is C11H27NO7S. The molecule has 2 N–H and O–H groups in total. The van der Waals surface area contributed by atoms with Gasteiger partial charge >= 0.3 is 0 Å². The van der Waals surface area contributed by atoms with Gasteiger partial charge in [0.1, 0.15) is 13.2 Å². The second-order valence-electron chi connectivity index (χ2n) is 4.39. The molecule has 1 atom stereocenters. The van der Waals surface area contributed by atoms with Gasteiger partial charge in [-0.1, -0.05) is 19.8 Å². The van der Waals surface area contributed by atoms with Crippen molar-refractivity contribution in [1.29, 1.82) is 0 Å². The first-order chi connectivity index (χ1) is 9.10. The lowest BCUT2D eigenvalue weighted by Gasteiger charge is -2.30. The molecule has 124 valence electrons. The van der Waals surface area contributed by atoms with Crippen LogP contribution in [0.1, 0.15) is 33.1 Å². The van der Waals surface area contributed by atoms with E-state index in [9.17, 15) is 13.0 Å². The average Bonchev–Trinajstić information content (AvgIpc) is 2.34. The van der Waals surface area contributed by atoms with Crippen molar-refractivity contribution in [2.45, 2.75) is 39.4 Å². The Morgan fingerprint density at radius 2 is 1.75 bits per heavy atom. The van der Waals surface area contributed by atoms with Crippen LogP contribution in [0.15, 0.2) is 0 Å². The molecule has 0 aliphatic heterocycles. The predicted molar refractivity (Wildman–Crippen MR) is 72.0 cm³/mol. The van der Waals surface area contributed by atoms with Gasteiger partial charge in [-0.3, -0.25) is 4.18 Å². The van der Waals surface area contributed by atoms with E-state index in [4.69, 9.17) is 15.1 Å². The number of hydrogen-bond donors (Lipinski definition) is 2. The molecular weight excluding hydrogens is 290 g/mol. The number of quaternary nitrogens is 1. The Bertz CT molecular complexity index is 321. The fourth-order valence-corrected chi connectivity index (χ4v) is 1.26. The molecule has 0 bridgehead atoms. The van der Waals surface area contributed by atoms with E-state index in [1.807, 2.05) is 14.0 Å². The number of aliphatic hydroxyl groups excluding tert-OH is 1. The molecule has 0 heterocycles. The quantitative estimate of drug-likeness (QED) is 0.153. The van der Waals surface area contributed by atoms with E-state index in [1.165, 1.54) is 6.42 Å². The predicted octanol–water partition coefficient (Wildman–Crippen LogP) is -0.0216. The van der Waals surface area contributed by atoms with Gasteiger partial charge in [0.15, 0.2) is 6.54 Å². The Morgan fingerprint density at radius 3 is 2.05 bits per heavy atom. The Balaban J connectivity index is 0. The number of aliphatic hydroxyl groups is 2. The van der Waals surface area contributed by atoms with Crippen molar-refractivity contribution in [3.8, 4) is 0 Å². The maximum absolute atomic E-state index is 9.22. The summed E-state index contributed by atoms with van der Waals surface area (Å²) >= 11 is 0. The Morgan fingerprint density at radius 1 is 1.25 bits per heavy atom. The SMILES string of the molecule is CCCCCO[N+](C)(CC)CC(O)O.COS(=O)(=O)[O-]. The van der Waals surface area contributed by atoms with Gasteiger partial charge in [-0.2, -0.15) is 4.65 Å². The van der Waals surface area contributed by atoms with E-state index in [0.717, 1.165) is 26.5 Å². The zero-order chi connectivity index (χ0) is 16.2. The molecule has 1 unspecified atom stereocenters. The van der Waals surface area contributed by atoms with Crippen molar-refractivity contribution < 1.29 is 36.9 Å². The summed E-state index contributed by atoms with van der Waals surface area (Å²) in [6, 6.07) is 0. The number of unbranched alkanes of at least 4 members (excludes halogenated alkanes) is 2. The molecule has 8 nitrogen and oxygen atoms in total. The van der Waals surface area contributed by atoms with Crippen LogP contribution in [0.3, 0.4) is 0 Å². The highest BCUT2D eigenvalue weighted by Gasteiger charge is 2.24. The molecule has 0 saturated heterocycles. The van der Waals surface area contributed by atoms with Gasteiger partial charge in [-0.25, -0.2) is 13.3 Å². The number of nitrogens with zero attached hydrogens (tertiary/aromatic N) is 1. The summed E-state index contributed by atoms with van der Waals surface area (Å²) in [6.07, 6.45) is 2.06. The average molecular weight is 317 g/mol. The third-order valence-corrected chi connectivity index (χ3v) is 2.98. The fraction of sp³-hybridized carbons (Fsp3) is 1.00. The molecule has 0 aromatic rings. The van der Waals surface area contributed by atoms with Crippen LogP contribution in [0.25, 0.3) is 0 Å². The van der Waals surface area contributed by atoms with Crippen LogP contribution in [0.4, 0.5) is 0 Å². The molecule has 0 aliphatic carbocycles. The van der Waals surface area contributed by atoms with Crippen molar-refractivity contribution in [3.63, 3.8) is 0 Å². The van der Waals surface area contributed by atoms with Crippen LogP contribution in [0.2, 0.25) is 0 Å². The third-order valence-electron chi connectivity index (χ3n) is 2.57. The lowest BCUT2D eigenvalue weighted by molar-refractivity contribution is -1.09. The van der Waals surface area contributed by atoms with Crippen molar-refractivity contribution in [1.82, 2.24) is 0 Å². The molecule has 0 radical (unpaired) electrons. The monoisotopic (exact) mass is 317 g/mol. The number of rotatable bonds is 9. The minimum Gasteiger partial charge on any atom is -0.726 e. The lowest BCUT2D eigenvalue weighted by Crippen LogP contribution is -2.48. The maximum Gasteiger partial charge on any atom is 0.217 e. The Hall–Kier alpha value is -0.290. The summed E-state index contributed by atoms with van der Waals surface area (Å²) in [4.78, 5) is 5.61. The molecule has 0 fully saturated rings. The fourth-order valence-electron chi connectivity index (χ4n) is 1.26. The van der Waals surface area contributed by atoms with E-state index < -0.39 is 16.7 Å². The number of hydrogen-bond acceptors (Lipinski definition) is 7. The highest BCUT2D eigenvalue weighted by Crippen LogP contribution is 2.06. The van der Waals surface area contributed by atoms with Gasteiger partial charge in [-0.15, -0.1) is 0 Å². The molecule has 0 aliphatic rings. The minimum absolute atomic E-state index is 0.225. The third kappa shape index (κ3) is 15.8. The van der Waals surface area contributed by atoms with Crippen molar-refractivity contribution in [2.75, 3.05) is 33.9 Å². The molecule has 0 amide bonds. The van der Waals surface area contributed by atoms with E-state index >= 15 is 0 Å². The van der Waals surface area contributed by atoms with E-state index in [2.05, 4.69) is 11.1 Å². The van der Waals surface area contributed by atoms with Crippen molar-refractivity contribution in [2.24, 2.45) is 0 Å². The molecule has 0 rings (SSSR count). The Kier molecular flexibility index (Phi) is 12.5. The summed E-state index contributed by atoms with van der Waals surface area (Å²) in [5, 5.41) is 17.8. The smallest absolute Gasteiger partial charge is 0.217 e. The van der Waals surface area contributed by atoms with Gasteiger partial charge < -0.3 is 14.8 Å². The largest absolute Gasteiger partial charge is 0.726 e. The molecule has 20 heavy (non-hydrogen) atoms. The van der Waals surface area contributed by atoms with Gasteiger partial charge in [0.25, 0.3) is 0 Å². The van der Waals surface area contributed by atoms with Crippen LogP contribution < -0.4 is 0 Å². The molecule has 9 heteroatoms. The maximum atomic E-state index is 9.22. The minimum atomic E-state index is -4.41. The first-order valence-electron chi connectivity index (χ1n) is 6.46. The molecule has 0 aromatic carbocycles. The topological polar surface area (TPSA) is 116 Å². The van der Waals surface area contributed by atoms with E-state index in [1.54, 1.807) is 0 Å². The zero-order valence-corrected chi connectivity index (χ0v) is 13.4. The van der Waals surface area contributed by atoms with Crippen LogP contribution in [0, 0.1) is 0 Å². The van der Waals surface area contributed by atoms with Crippen LogP contribution >= 0.6 is 0 Å². The first-order valence-corrected chi connectivity index (χ1v) is 7.80. The van der Waals surface area contributed by atoms with Gasteiger partial charge in [-0.05, 0) is 13.3 Å². The first kappa shape index (κ1) is 22.0. The second kappa shape index (κ2) is 11.4. The van der Waals surface area contributed by atoms with Crippen molar-refractivity contribution in [3.05, 3.63) is 0 Å². The number of likely N-dealkylation sites (N-methyl/N-ethyl adjacent to an activating group) is 1. The van der Waals surface area contributed by atoms with Gasteiger partial charge in [0.2, 0.25) is 16.7 Å². The normalized spacial score (nSPS) is 14.6. The summed E-state index contributed by atoms with van der Waals surface area (Å²) in [5.74, 6) is 0. The summed E-state index contributed by atoms with van der Waals surface area (Å²) in [6.45, 7) is 5.77. The second-order valence-corrected chi connectivity index (χ2v) is 5.54. The Labute approximate surface area is 121 Å². The standard InChI is InChI=1S/C10H24NO3.CH4O4S/c1-4-6-7-8-14-11(3,5-2)9-10(12)13;1-5-6(2,3)4/h10,12-13H,4-9H2,1-3H3;1H3,(H,2,3,4)/q+1;/p-1. The summed E-state index contributed by atoms with van der Waals surface area (Å²) in [5.41, 5.74) is 0. The van der Waals surface area contributed by atoms with E-state index in [0.29, 0.717) is 6.61 Å². The molecule has 0 spiro atoms. The van der Waals surface area contributed by atoms with Gasteiger partial charge in [0.05, 0.1) is 14.2 Å². The zero-order valence-electron chi connectivity index (χ0n) is 12.6. The van der Waals surface area contributed by atoms with Crippen LogP contribution in [-0.4, -0.2) is 68.0 Å². The van der Waals surface area contributed by atoms with Crippen molar-refractivity contribution >= 4 is 10.4 Å². The summed E-state index contributed by atoms with van der Waals surface area (Å²) in [7, 11) is -1.74. The summed E-state index contributed by atoms with van der Waals surface area (Å²) < 4.78 is 31.3. The lowest BCUT2D eigenvalue weighted by atomic mass is 10.3. The van der Waals surface area contributed by atoms with E-state index in [-0.39, 0.29) is 11.2 Å². The molecule has 0 aromatic heterocycles. The number of hydroxylamine groups is 3.